The van der Waals surface area contributed by atoms with Crippen LogP contribution in [0, 0.1) is 0 Å². The molecule has 9 nitrogen and oxygen atoms in total. The van der Waals surface area contributed by atoms with Crippen LogP contribution in [-0.4, -0.2) is 41.6 Å². The Morgan fingerprint density at radius 2 is 1.89 bits per heavy atom. The number of aromatic nitrogens is 2. The van der Waals surface area contributed by atoms with Crippen LogP contribution in [0.1, 0.15) is 31.9 Å². The lowest BCUT2D eigenvalue weighted by atomic mass is 9.99. The first-order chi connectivity index (χ1) is 18.1. The summed E-state index contributed by atoms with van der Waals surface area (Å²) in [6.45, 7) is 5.27. The van der Waals surface area contributed by atoms with Gasteiger partial charge in [0.2, 0.25) is 0 Å². The van der Waals surface area contributed by atoms with Crippen LogP contribution < -0.4 is 14.8 Å². The van der Waals surface area contributed by atoms with Gasteiger partial charge in [-0.15, -0.1) is 0 Å². The Balaban J connectivity index is 1.37. The number of aliphatic hydroxyl groups is 1. The lowest BCUT2D eigenvalue weighted by Gasteiger charge is -2.28. The van der Waals surface area contributed by atoms with E-state index < -0.39 is 16.1 Å². The molecule has 1 heterocycles. The predicted molar refractivity (Wildman–Crippen MR) is 147 cm³/mol. The first kappa shape index (κ1) is 27.6. The molecule has 4 aromatic rings. The smallest absolute Gasteiger partial charge is 0.298 e. The molecule has 3 aromatic carbocycles. The maximum Gasteiger partial charge on any atom is 0.298 e. The number of aliphatic hydroxyl groups excluding tert-OH is 1. The van der Waals surface area contributed by atoms with E-state index in [1.807, 2.05) is 18.4 Å². The van der Waals surface area contributed by atoms with Crippen LogP contribution in [0.3, 0.4) is 0 Å². The molecule has 200 valence electrons. The number of ether oxygens (including phenoxy) is 1. The molecule has 0 bridgehead atoms. The Morgan fingerprint density at radius 3 is 2.63 bits per heavy atom. The largest absolute Gasteiger partial charge is 0.427 e. The van der Waals surface area contributed by atoms with Crippen LogP contribution >= 0.6 is 11.6 Å². The summed E-state index contributed by atoms with van der Waals surface area (Å²) in [6.07, 6.45) is 1.56. The van der Waals surface area contributed by atoms with Gasteiger partial charge < -0.3 is 19.7 Å². The number of nitrogens with zero attached hydrogens (tertiary/aromatic N) is 2. The van der Waals surface area contributed by atoms with E-state index in [2.05, 4.69) is 15.0 Å². The Kier molecular flexibility index (Phi) is 8.37. The molecule has 0 radical (unpaired) electrons. The normalized spacial score (nSPS) is 12.8. The average Bonchev–Trinajstić information content (AvgIpc) is 3.28. The number of sulfonamides is 1. The molecule has 0 saturated carbocycles. The lowest BCUT2D eigenvalue weighted by Crippen LogP contribution is -2.42. The molecule has 1 aromatic heterocycles. The number of hydrogen-bond donors (Lipinski definition) is 3. The minimum Gasteiger partial charge on any atom is -0.427 e. The number of β-amino-alcohol motifs (C(OH)–C–C–N with tert-alkyl or cyclic N) is 1. The second kappa shape index (κ2) is 11.5. The summed E-state index contributed by atoms with van der Waals surface area (Å²) < 4.78 is 34.7. The number of rotatable bonds is 12. The number of hydrogen-bond acceptors (Lipinski definition) is 7. The molecule has 4 rings (SSSR count). The molecule has 0 saturated heterocycles. The molecule has 0 amide bonds. The molecular weight excluding hydrogens is 528 g/mol. The summed E-state index contributed by atoms with van der Waals surface area (Å²) in [6, 6.07) is 18.2. The van der Waals surface area contributed by atoms with E-state index in [-0.39, 0.29) is 22.7 Å². The van der Waals surface area contributed by atoms with Crippen molar-refractivity contribution in [1.82, 2.24) is 14.9 Å². The molecule has 1 atom stereocenters. The van der Waals surface area contributed by atoms with E-state index >= 15 is 0 Å². The van der Waals surface area contributed by atoms with Gasteiger partial charge in [0.15, 0.2) is 5.75 Å². The molecule has 0 aliphatic heterocycles. The monoisotopic (exact) mass is 556 g/mol. The quantitative estimate of drug-likeness (QED) is 0.219. The van der Waals surface area contributed by atoms with Gasteiger partial charge in [-0.25, -0.2) is 13.4 Å². The topological polar surface area (TPSA) is 123 Å². The number of fused-ring (bicyclic) bond motifs is 1. The van der Waals surface area contributed by atoms with Crippen molar-refractivity contribution in [2.24, 2.45) is 0 Å². The van der Waals surface area contributed by atoms with Gasteiger partial charge in [-0.05, 0) is 56.2 Å². The molecule has 11 heteroatoms. The minimum absolute atomic E-state index is 0.163. The number of carbonyl (C=O) groups excluding carboxylic acids is 1. The van der Waals surface area contributed by atoms with E-state index in [0.717, 1.165) is 5.52 Å². The highest BCUT2D eigenvalue weighted by Crippen LogP contribution is 2.30. The maximum atomic E-state index is 12.6. The number of benzene rings is 3. The standard InChI is InChI=1S/C27H29ClN4O5S/c1-27(2,11-12-32-17-29-23-14-22(28)26(37-18-33)15-24(23)32)30-16-25(34)19-7-6-8-20(13-19)31-38(35,36)21-9-4-3-5-10-21/h3-10,13-15,17-18,25,30-31,34H,11-12,16H2,1-2H3/t25-/m0/s1. The first-order valence-electron chi connectivity index (χ1n) is 11.9. The van der Waals surface area contributed by atoms with Crippen LogP contribution in [0.2, 0.25) is 5.02 Å². The van der Waals surface area contributed by atoms with E-state index in [1.165, 1.54) is 12.1 Å². The van der Waals surface area contributed by atoms with Crippen LogP contribution in [0.15, 0.2) is 78.0 Å². The highest BCUT2D eigenvalue weighted by molar-refractivity contribution is 7.92. The second-order valence-electron chi connectivity index (χ2n) is 9.50. The van der Waals surface area contributed by atoms with Crippen molar-refractivity contribution in [2.45, 2.75) is 43.4 Å². The van der Waals surface area contributed by atoms with Crippen molar-refractivity contribution in [3.05, 3.63) is 83.6 Å². The van der Waals surface area contributed by atoms with E-state index in [0.29, 0.717) is 41.2 Å². The number of nitrogens with one attached hydrogen (secondary N) is 2. The fourth-order valence-corrected chi connectivity index (χ4v) is 5.26. The second-order valence-corrected chi connectivity index (χ2v) is 11.6. The fourth-order valence-electron chi connectivity index (χ4n) is 3.98. The van der Waals surface area contributed by atoms with Crippen LogP contribution in [-0.2, 0) is 21.4 Å². The van der Waals surface area contributed by atoms with Gasteiger partial charge in [0.25, 0.3) is 16.5 Å². The van der Waals surface area contributed by atoms with Gasteiger partial charge in [-0.2, -0.15) is 0 Å². The predicted octanol–water partition coefficient (Wildman–Crippen LogP) is 4.52. The SMILES string of the molecule is CC(C)(CCn1cnc2cc(Cl)c(OC=O)cc21)NC[C@H](O)c1cccc(NS(=O)(=O)c2ccccc2)c1. The zero-order valence-electron chi connectivity index (χ0n) is 21.0. The van der Waals surface area contributed by atoms with E-state index in [1.54, 1.807) is 60.9 Å². The summed E-state index contributed by atoms with van der Waals surface area (Å²) >= 11 is 6.13. The molecule has 0 spiro atoms. The van der Waals surface area contributed by atoms with Crippen molar-refractivity contribution >= 4 is 44.8 Å². The van der Waals surface area contributed by atoms with Gasteiger partial charge in [0.05, 0.1) is 33.4 Å². The number of aryl methyl sites for hydroxylation is 1. The molecule has 0 unspecified atom stereocenters. The van der Waals surface area contributed by atoms with E-state index in [4.69, 9.17) is 16.3 Å². The summed E-state index contributed by atoms with van der Waals surface area (Å²) in [5.41, 5.74) is 2.09. The van der Waals surface area contributed by atoms with Gasteiger partial charge in [-0.1, -0.05) is 41.9 Å². The highest BCUT2D eigenvalue weighted by atomic mass is 35.5. The van der Waals surface area contributed by atoms with Crippen LogP contribution in [0.4, 0.5) is 5.69 Å². The zero-order chi connectivity index (χ0) is 27.3. The van der Waals surface area contributed by atoms with Crippen molar-refractivity contribution in [2.75, 3.05) is 11.3 Å². The Bertz CT molecular complexity index is 1520. The molecule has 0 aliphatic carbocycles. The highest BCUT2D eigenvalue weighted by Gasteiger charge is 2.21. The van der Waals surface area contributed by atoms with Crippen LogP contribution in [0.5, 0.6) is 5.75 Å². The maximum absolute atomic E-state index is 12.6. The van der Waals surface area contributed by atoms with Crippen molar-refractivity contribution in [3.63, 3.8) is 0 Å². The number of halogens is 1. The molecule has 0 aliphatic rings. The summed E-state index contributed by atoms with van der Waals surface area (Å²) in [4.78, 5) is 15.3. The third kappa shape index (κ3) is 6.70. The van der Waals surface area contributed by atoms with Crippen molar-refractivity contribution in [3.8, 4) is 5.75 Å². The summed E-state index contributed by atoms with van der Waals surface area (Å²) in [7, 11) is -3.73. The Morgan fingerprint density at radius 1 is 1.13 bits per heavy atom. The van der Waals surface area contributed by atoms with Gasteiger partial charge in [-0.3, -0.25) is 9.52 Å². The molecule has 0 fully saturated rings. The number of anilines is 1. The lowest BCUT2D eigenvalue weighted by molar-refractivity contribution is -0.120. The zero-order valence-corrected chi connectivity index (χ0v) is 22.5. The van der Waals surface area contributed by atoms with E-state index in [9.17, 15) is 18.3 Å². The average molecular weight is 557 g/mol. The summed E-state index contributed by atoms with van der Waals surface area (Å²) in [5, 5.41) is 14.5. The van der Waals surface area contributed by atoms with Gasteiger partial charge in [0, 0.05) is 30.4 Å². The van der Waals surface area contributed by atoms with Gasteiger partial charge >= 0.3 is 0 Å². The summed E-state index contributed by atoms with van der Waals surface area (Å²) in [5.74, 6) is 0.268. The van der Waals surface area contributed by atoms with Crippen molar-refractivity contribution < 1.29 is 23.1 Å². The number of carbonyl (C=O) groups is 1. The third-order valence-electron chi connectivity index (χ3n) is 6.18. The first-order valence-corrected chi connectivity index (χ1v) is 13.8. The third-order valence-corrected chi connectivity index (χ3v) is 7.87. The van der Waals surface area contributed by atoms with Crippen LogP contribution in [0.25, 0.3) is 11.0 Å². The molecular formula is C27H29ClN4O5S. The minimum atomic E-state index is -3.73. The Labute approximate surface area is 226 Å². The molecule has 3 N–H and O–H groups in total. The van der Waals surface area contributed by atoms with Crippen molar-refractivity contribution in [1.29, 1.82) is 0 Å². The molecule has 38 heavy (non-hydrogen) atoms. The Hall–Kier alpha value is -3.44. The van der Waals surface area contributed by atoms with Gasteiger partial charge in [0.1, 0.15) is 0 Å². The number of imidazole rings is 1. The fraction of sp³-hybridized carbons (Fsp3) is 0.259.